The molecule has 0 saturated carbocycles. The van der Waals surface area contributed by atoms with Crippen LogP contribution >= 0.6 is 11.8 Å². The summed E-state index contributed by atoms with van der Waals surface area (Å²) in [7, 11) is 0. The van der Waals surface area contributed by atoms with Crippen molar-refractivity contribution in [2.45, 2.75) is 11.4 Å². The third-order valence-corrected chi connectivity index (χ3v) is 4.28. The van der Waals surface area contributed by atoms with Crippen LogP contribution in [0.4, 0.5) is 0 Å². The first kappa shape index (κ1) is 14.6. The topological polar surface area (TPSA) is 42.0 Å². The van der Waals surface area contributed by atoms with E-state index in [0.717, 1.165) is 10.6 Å². The van der Waals surface area contributed by atoms with Crippen LogP contribution in [0, 0.1) is 0 Å². The molecule has 0 aliphatic carbocycles. The van der Waals surface area contributed by atoms with Gasteiger partial charge in [0, 0.05) is 11.1 Å². The summed E-state index contributed by atoms with van der Waals surface area (Å²) in [5.41, 5.74) is 0.867. The highest BCUT2D eigenvalue weighted by Crippen LogP contribution is 2.23. The van der Waals surface area contributed by atoms with Crippen LogP contribution in [0.25, 0.3) is 10.8 Å². The fourth-order valence-electron chi connectivity index (χ4n) is 2.15. The Balaban J connectivity index is 1.53. The van der Waals surface area contributed by atoms with Gasteiger partial charge in [0.25, 0.3) is 0 Å². The van der Waals surface area contributed by atoms with Gasteiger partial charge in [-0.15, -0.1) is 11.8 Å². The predicted octanol–water partition coefficient (Wildman–Crippen LogP) is 3.64. The molecule has 0 aliphatic heterocycles. The quantitative estimate of drug-likeness (QED) is 0.732. The van der Waals surface area contributed by atoms with E-state index in [0.29, 0.717) is 12.3 Å². The Morgan fingerprint density at radius 2 is 1.82 bits per heavy atom. The molecule has 4 heteroatoms. The second-order valence-electron chi connectivity index (χ2n) is 4.90. The van der Waals surface area contributed by atoms with Crippen molar-refractivity contribution in [1.82, 2.24) is 10.3 Å². The normalized spacial score (nSPS) is 10.5. The lowest BCUT2D eigenvalue weighted by molar-refractivity contribution is -0.118. The minimum absolute atomic E-state index is 0.0174. The first-order valence-corrected chi connectivity index (χ1v) is 8.08. The van der Waals surface area contributed by atoms with Gasteiger partial charge < -0.3 is 5.32 Å². The summed E-state index contributed by atoms with van der Waals surface area (Å²) < 4.78 is 0. The molecule has 0 spiro atoms. The smallest absolute Gasteiger partial charge is 0.230 e. The molecule has 0 bridgehead atoms. The Morgan fingerprint density at radius 1 is 1.00 bits per heavy atom. The average molecular weight is 308 g/mol. The largest absolute Gasteiger partial charge is 0.350 e. The van der Waals surface area contributed by atoms with Crippen LogP contribution in [0.1, 0.15) is 5.69 Å². The highest BCUT2D eigenvalue weighted by Gasteiger charge is 2.04. The van der Waals surface area contributed by atoms with Gasteiger partial charge in [0.15, 0.2) is 0 Å². The van der Waals surface area contributed by atoms with Crippen LogP contribution in [0.5, 0.6) is 0 Å². The highest BCUT2D eigenvalue weighted by molar-refractivity contribution is 8.00. The van der Waals surface area contributed by atoms with E-state index in [1.54, 1.807) is 18.0 Å². The summed E-state index contributed by atoms with van der Waals surface area (Å²) in [6, 6.07) is 20.2. The highest BCUT2D eigenvalue weighted by atomic mass is 32.2. The summed E-state index contributed by atoms with van der Waals surface area (Å²) in [5.74, 6) is 0.425. The molecular weight excluding hydrogens is 292 g/mol. The summed E-state index contributed by atoms with van der Waals surface area (Å²) in [4.78, 5) is 17.2. The molecule has 3 nitrogen and oxygen atoms in total. The van der Waals surface area contributed by atoms with E-state index in [1.165, 1.54) is 10.8 Å². The first-order chi connectivity index (χ1) is 10.8. The number of hydrogen-bond acceptors (Lipinski definition) is 3. The Labute approximate surface area is 133 Å². The molecule has 0 aliphatic rings. The van der Waals surface area contributed by atoms with Gasteiger partial charge in [-0.25, -0.2) is 0 Å². The predicted molar refractivity (Wildman–Crippen MR) is 90.8 cm³/mol. The van der Waals surface area contributed by atoms with Gasteiger partial charge in [0.2, 0.25) is 5.91 Å². The molecule has 3 aromatic rings. The Kier molecular flexibility index (Phi) is 4.71. The number of carbonyl (C=O) groups excluding carboxylic acids is 1. The number of nitrogens with zero attached hydrogens (tertiary/aromatic N) is 1. The number of fused-ring (bicyclic) bond motifs is 1. The molecule has 1 N–H and O–H groups in total. The van der Waals surface area contributed by atoms with Crippen LogP contribution in [0.2, 0.25) is 0 Å². The minimum Gasteiger partial charge on any atom is -0.350 e. The van der Waals surface area contributed by atoms with Gasteiger partial charge in [-0.3, -0.25) is 9.78 Å². The zero-order chi connectivity index (χ0) is 15.2. The maximum atomic E-state index is 11.9. The van der Waals surface area contributed by atoms with Crippen LogP contribution in [-0.4, -0.2) is 16.6 Å². The second-order valence-corrected chi connectivity index (χ2v) is 5.94. The number of thioether (sulfide) groups is 1. The maximum absolute atomic E-state index is 11.9. The molecule has 1 heterocycles. The Bertz CT molecular complexity index is 774. The van der Waals surface area contributed by atoms with Gasteiger partial charge in [-0.05, 0) is 35.0 Å². The molecule has 3 rings (SSSR count). The summed E-state index contributed by atoms with van der Waals surface area (Å²) >= 11 is 1.55. The number of aromatic nitrogens is 1. The van der Waals surface area contributed by atoms with E-state index in [4.69, 9.17) is 0 Å². The molecule has 0 atom stereocenters. The van der Waals surface area contributed by atoms with Crippen molar-refractivity contribution in [3.63, 3.8) is 0 Å². The SMILES string of the molecule is O=C(CSc1ccc2ccccc2c1)NCc1ccccn1. The van der Waals surface area contributed by atoms with E-state index in [9.17, 15) is 4.79 Å². The third kappa shape index (κ3) is 3.86. The van der Waals surface area contributed by atoms with Crippen molar-refractivity contribution >= 4 is 28.4 Å². The number of benzene rings is 2. The standard InChI is InChI=1S/C18H16N2OS/c21-18(20-12-16-7-3-4-10-19-16)13-22-17-9-8-14-5-1-2-6-15(14)11-17/h1-11H,12-13H2,(H,20,21). The van der Waals surface area contributed by atoms with Crippen LogP contribution in [-0.2, 0) is 11.3 Å². The molecule has 1 amide bonds. The van der Waals surface area contributed by atoms with Crippen molar-refractivity contribution in [3.05, 3.63) is 72.6 Å². The van der Waals surface area contributed by atoms with Gasteiger partial charge in [0.05, 0.1) is 18.0 Å². The Hall–Kier alpha value is -2.33. The molecule has 0 radical (unpaired) electrons. The number of amides is 1. The average Bonchev–Trinajstić information content (AvgIpc) is 2.59. The fourth-order valence-corrected chi connectivity index (χ4v) is 2.92. The van der Waals surface area contributed by atoms with Crippen molar-refractivity contribution in [3.8, 4) is 0 Å². The number of rotatable bonds is 5. The van der Waals surface area contributed by atoms with Gasteiger partial charge in [-0.1, -0.05) is 36.4 Å². The summed E-state index contributed by atoms with van der Waals surface area (Å²) in [5, 5.41) is 5.29. The Morgan fingerprint density at radius 3 is 2.64 bits per heavy atom. The molecule has 0 fully saturated rings. The van der Waals surface area contributed by atoms with Crippen LogP contribution < -0.4 is 5.32 Å². The van der Waals surface area contributed by atoms with E-state index >= 15 is 0 Å². The molecule has 2 aromatic carbocycles. The molecule has 1 aromatic heterocycles. The monoisotopic (exact) mass is 308 g/mol. The van der Waals surface area contributed by atoms with Gasteiger partial charge in [0.1, 0.15) is 0 Å². The van der Waals surface area contributed by atoms with Crippen molar-refractivity contribution in [1.29, 1.82) is 0 Å². The van der Waals surface area contributed by atoms with Gasteiger partial charge >= 0.3 is 0 Å². The number of nitrogens with one attached hydrogen (secondary N) is 1. The lowest BCUT2D eigenvalue weighted by Gasteiger charge is -2.05. The van der Waals surface area contributed by atoms with E-state index in [1.807, 2.05) is 30.3 Å². The zero-order valence-corrected chi connectivity index (χ0v) is 12.8. The second kappa shape index (κ2) is 7.09. The molecule has 110 valence electrons. The number of pyridine rings is 1. The zero-order valence-electron chi connectivity index (χ0n) is 12.0. The van der Waals surface area contributed by atoms with Crippen molar-refractivity contribution in [2.24, 2.45) is 0 Å². The first-order valence-electron chi connectivity index (χ1n) is 7.09. The van der Waals surface area contributed by atoms with E-state index in [2.05, 4.69) is 40.6 Å². The van der Waals surface area contributed by atoms with E-state index in [-0.39, 0.29) is 5.91 Å². The number of hydrogen-bond donors (Lipinski definition) is 1. The minimum atomic E-state index is 0.0174. The lowest BCUT2D eigenvalue weighted by Crippen LogP contribution is -2.24. The maximum Gasteiger partial charge on any atom is 0.230 e. The van der Waals surface area contributed by atoms with Crippen molar-refractivity contribution in [2.75, 3.05) is 5.75 Å². The van der Waals surface area contributed by atoms with Gasteiger partial charge in [-0.2, -0.15) is 0 Å². The van der Waals surface area contributed by atoms with Crippen LogP contribution in [0.15, 0.2) is 71.8 Å². The fraction of sp³-hybridized carbons (Fsp3) is 0.111. The molecule has 0 saturated heterocycles. The van der Waals surface area contributed by atoms with Crippen LogP contribution in [0.3, 0.4) is 0 Å². The summed E-state index contributed by atoms with van der Waals surface area (Å²) in [6.45, 7) is 0.470. The van der Waals surface area contributed by atoms with E-state index < -0.39 is 0 Å². The lowest BCUT2D eigenvalue weighted by atomic mass is 10.1. The molecular formula is C18H16N2OS. The van der Waals surface area contributed by atoms with Crippen molar-refractivity contribution < 1.29 is 4.79 Å². The molecule has 22 heavy (non-hydrogen) atoms. The third-order valence-electron chi connectivity index (χ3n) is 3.28. The number of carbonyl (C=O) groups is 1. The summed E-state index contributed by atoms with van der Waals surface area (Å²) in [6.07, 6.45) is 1.73. The molecule has 0 unspecified atom stereocenters.